The molecule has 0 atom stereocenters. The molecule has 2 heteroatoms. The Morgan fingerprint density at radius 1 is 1.12 bits per heavy atom. The van der Waals surface area contributed by atoms with Crippen LogP contribution in [0.2, 0.25) is 0 Å². The second-order valence-electron chi connectivity index (χ2n) is 1.78. The van der Waals surface area contributed by atoms with Gasteiger partial charge in [-0.05, 0) is 6.42 Å². The number of rotatable bonds is 4. The van der Waals surface area contributed by atoms with Gasteiger partial charge in [0.2, 0.25) is 0 Å². The average Bonchev–Trinajstić information content (AvgIpc) is 1.69. The van der Waals surface area contributed by atoms with Crippen molar-refractivity contribution in [3.63, 3.8) is 0 Å². The molecule has 0 aromatic carbocycles. The molecule has 0 radical (unpaired) electrons. The average molecular weight is 126 g/mol. The summed E-state index contributed by atoms with van der Waals surface area (Å²) in [6.45, 7) is 2.53. The molecule has 8 heavy (non-hydrogen) atoms. The molecule has 0 heterocycles. The van der Waals surface area contributed by atoms with E-state index in [-0.39, 0.29) is 29.6 Å². The third-order valence-corrected chi connectivity index (χ3v) is 1.01. The zero-order valence-electron chi connectivity index (χ0n) is 4.98. The van der Waals surface area contributed by atoms with Crippen LogP contribution in [0.5, 0.6) is 0 Å². The molecule has 0 bridgehead atoms. The first-order valence-corrected chi connectivity index (χ1v) is 3.02. The van der Waals surface area contributed by atoms with E-state index < -0.39 is 0 Å². The van der Waals surface area contributed by atoms with Crippen LogP contribution in [0.3, 0.4) is 0 Å². The molecule has 0 saturated carbocycles. The number of aliphatic hydroxyl groups is 1. The molecule has 0 saturated heterocycles. The molecular formula is C6H15NaO. The predicted octanol–water partition coefficient (Wildman–Crippen LogP) is 0.910. The van der Waals surface area contributed by atoms with E-state index in [2.05, 4.69) is 6.92 Å². The van der Waals surface area contributed by atoms with E-state index in [4.69, 9.17) is 5.11 Å². The fraction of sp³-hybridized carbons (Fsp3) is 1.00. The quantitative estimate of drug-likeness (QED) is 0.438. The number of hydrogen-bond acceptors (Lipinski definition) is 1. The van der Waals surface area contributed by atoms with Crippen molar-refractivity contribution >= 4 is 29.6 Å². The summed E-state index contributed by atoms with van der Waals surface area (Å²) in [5, 5.41) is 8.29. The SMILES string of the molecule is CCCCCCO.[NaH]. The Bertz CT molecular complexity index is 27.7. The molecule has 0 aromatic rings. The van der Waals surface area contributed by atoms with Crippen molar-refractivity contribution in [1.82, 2.24) is 0 Å². The van der Waals surface area contributed by atoms with Crippen molar-refractivity contribution in [1.29, 1.82) is 0 Å². The molecule has 0 unspecified atom stereocenters. The third-order valence-electron chi connectivity index (χ3n) is 1.01. The first-order valence-electron chi connectivity index (χ1n) is 3.02. The first-order chi connectivity index (χ1) is 3.41. The maximum absolute atomic E-state index is 8.29. The van der Waals surface area contributed by atoms with E-state index in [9.17, 15) is 0 Å². The number of unbranched alkanes of at least 4 members (excludes halogenated alkanes) is 3. The normalized spacial score (nSPS) is 8.25. The van der Waals surface area contributed by atoms with Gasteiger partial charge in [-0.25, -0.2) is 0 Å². The van der Waals surface area contributed by atoms with Gasteiger partial charge in [-0.15, -0.1) is 0 Å². The molecule has 0 aliphatic rings. The van der Waals surface area contributed by atoms with Crippen LogP contribution >= 0.6 is 0 Å². The molecular weight excluding hydrogens is 111 g/mol. The van der Waals surface area contributed by atoms with Gasteiger partial charge in [0.1, 0.15) is 0 Å². The Kier molecular flexibility index (Phi) is 15.9. The topological polar surface area (TPSA) is 20.2 Å². The summed E-state index contributed by atoms with van der Waals surface area (Å²) < 4.78 is 0. The summed E-state index contributed by atoms with van der Waals surface area (Å²) in [6.07, 6.45) is 4.68. The molecule has 1 N–H and O–H groups in total. The van der Waals surface area contributed by atoms with Gasteiger partial charge in [0.15, 0.2) is 0 Å². The maximum atomic E-state index is 8.29. The molecule has 0 fully saturated rings. The van der Waals surface area contributed by atoms with Crippen molar-refractivity contribution in [2.45, 2.75) is 32.6 Å². The van der Waals surface area contributed by atoms with Gasteiger partial charge in [0.05, 0.1) is 0 Å². The van der Waals surface area contributed by atoms with Crippen molar-refractivity contribution in [3.05, 3.63) is 0 Å². The minimum atomic E-state index is 0. The summed E-state index contributed by atoms with van der Waals surface area (Å²) in [6, 6.07) is 0. The summed E-state index contributed by atoms with van der Waals surface area (Å²) in [7, 11) is 0. The van der Waals surface area contributed by atoms with Crippen molar-refractivity contribution in [2.24, 2.45) is 0 Å². The van der Waals surface area contributed by atoms with Crippen molar-refractivity contribution in [2.75, 3.05) is 6.61 Å². The molecule has 1 nitrogen and oxygen atoms in total. The number of aliphatic hydroxyl groups excluding tert-OH is 1. The Labute approximate surface area is 73.8 Å². The van der Waals surface area contributed by atoms with Crippen LogP contribution in [0.15, 0.2) is 0 Å². The minimum absolute atomic E-state index is 0. The summed E-state index contributed by atoms with van der Waals surface area (Å²) in [4.78, 5) is 0. The van der Waals surface area contributed by atoms with Crippen LogP contribution in [0.4, 0.5) is 0 Å². The Morgan fingerprint density at radius 2 is 1.75 bits per heavy atom. The Hall–Kier alpha value is 0.960. The van der Waals surface area contributed by atoms with Crippen LogP contribution in [-0.2, 0) is 0 Å². The molecule has 46 valence electrons. The van der Waals surface area contributed by atoms with Crippen LogP contribution < -0.4 is 0 Å². The van der Waals surface area contributed by atoms with Gasteiger partial charge in [0, 0.05) is 6.61 Å². The fourth-order valence-corrected chi connectivity index (χ4v) is 0.539. The second kappa shape index (κ2) is 10.9. The summed E-state index contributed by atoms with van der Waals surface area (Å²) in [5.74, 6) is 0. The Morgan fingerprint density at radius 3 is 2.12 bits per heavy atom. The summed E-state index contributed by atoms with van der Waals surface area (Å²) >= 11 is 0. The van der Waals surface area contributed by atoms with E-state index in [0.29, 0.717) is 6.61 Å². The van der Waals surface area contributed by atoms with Gasteiger partial charge in [-0.2, -0.15) is 0 Å². The van der Waals surface area contributed by atoms with E-state index in [0.717, 1.165) is 6.42 Å². The molecule has 0 spiro atoms. The van der Waals surface area contributed by atoms with Gasteiger partial charge in [-0.1, -0.05) is 26.2 Å². The second-order valence-corrected chi connectivity index (χ2v) is 1.78. The third kappa shape index (κ3) is 10.0. The zero-order chi connectivity index (χ0) is 5.54. The molecule has 0 aliphatic carbocycles. The standard InChI is InChI=1S/C6H14O.Na.H/c1-2-3-4-5-6-7;;/h7H,2-6H2,1H3;;. The monoisotopic (exact) mass is 126 g/mol. The Balaban J connectivity index is 0. The van der Waals surface area contributed by atoms with E-state index in [1.807, 2.05) is 0 Å². The fourth-order valence-electron chi connectivity index (χ4n) is 0.539. The zero-order valence-corrected chi connectivity index (χ0v) is 4.98. The summed E-state index contributed by atoms with van der Waals surface area (Å²) in [5.41, 5.74) is 0. The number of hydrogen-bond donors (Lipinski definition) is 1. The van der Waals surface area contributed by atoms with Crippen LogP contribution in [0.1, 0.15) is 32.6 Å². The van der Waals surface area contributed by atoms with Gasteiger partial charge >= 0.3 is 29.6 Å². The molecule has 0 amide bonds. The molecule has 0 rings (SSSR count). The van der Waals surface area contributed by atoms with Gasteiger partial charge < -0.3 is 5.11 Å². The van der Waals surface area contributed by atoms with Gasteiger partial charge in [0.25, 0.3) is 0 Å². The predicted molar refractivity (Wildman–Crippen MR) is 38.4 cm³/mol. The van der Waals surface area contributed by atoms with E-state index in [1.165, 1.54) is 19.3 Å². The molecule has 0 aromatic heterocycles. The van der Waals surface area contributed by atoms with Crippen molar-refractivity contribution < 1.29 is 5.11 Å². The van der Waals surface area contributed by atoms with Gasteiger partial charge in [-0.3, -0.25) is 0 Å². The molecule has 0 aliphatic heterocycles. The van der Waals surface area contributed by atoms with E-state index >= 15 is 0 Å². The van der Waals surface area contributed by atoms with Crippen LogP contribution in [0, 0.1) is 0 Å². The van der Waals surface area contributed by atoms with Crippen LogP contribution in [-0.4, -0.2) is 41.3 Å². The first kappa shape index (κ1) is 11.7. The van der Waals surface area contributed by atoms with E-state index in [1.54, 1.807) is 0 Å². The van der Waals surface area contributed by atoms with Crippen LogP contribution in [0.25, 0.3) is 0 Å². The van der Waals surface area contributed by atoms with Crippen molar-refractivity contribution in [3.8, 4) is 0 Å².